The van der Waals surface area contributed by atoms with Crippen molar-refractivity contribution in [1.29, 1.82) is 0 Å². The third kappa shape index (κ3) is 6.71. The summed E-state index contributed by atoms with van der Waals surface area (Å²) in [6.07, 6.45) is 0.251. The highest BCUT2D eigenvalue weighted by atomic mass is 16.2. The van der Waals surface area contributed by atoms with Gasteiger partial charge in [-0.2, -0.15) is 0 Å². The molecule has 0 radical (unpaired) electrons. The number of benzene rings is 1. The summed E-state index contributed by atoms with van der Waals surface area (Å²) in [7, 11) is 0. The minimum Gasteiger partial charge on any atom is -0.355 e. The maximum Gasteiger partial charge on any atom is 0.225 e. The van der Waals surface area contributed by atoms with Crippen molar-refractivity contribution in [1.82, 2.24) is 10.6 Å². The van der Waals surface area contributed by atoms with Crippen LogP contribution < -0.4 is 16.4 Å². The minimum atomic E-state index is -0.443. The zero-order chi connectivity index (χ0) is 18.3. The molecule has 1 rings (SSSR count). The van der Waals surface area contributed by atoms with Gasteiger partial charge in [0.1, 0.15) is 0 Å². The van der Waals surface area contributed by atoms with Crippen molar-refractivity contribution in [2.24, 2.45) is 11.1 Å². The zero-order valence-electron chi connectivity index (χ0n) is 15.5. The van der Waals surface area contributed by atoms with E-state index < -0.39 is 5.41 Å². The van der Waals surface area contributed by atoms with Crippen molar-refractivity contribution in [2.45, 2.75) is 53.0 Å². The molecule has 134 valence electrons. The van der Waals surface area contributed by atoms with Crippen molar-refractivity contribution in [3.63, 3.8) is 0 Å². The second-order valence-electron chi connectivity index (χ2n) is 7.49. The van der Waals surface area contributed by atoms with Crippen molar-refractivity contribution in [3.05, 3.63) is 35.4 Å². The van der Waals surface area contributed by atoms with E-state index in [9.17, 15) is 9.59 Å². The highest BCUT2D eigenvalue weighted by Gasteiger charge is 2.20. The third-order valence-corrected chi connectivity index (χ3v) is 3.87. The summed E-state index contributed by atoms with van der Waals surface area (Å²) < 4.78 is 0. The van der Waals surface area contributed by atoms with E-state index in [2.05, 4.69) is 36.6 Å². The lowest BCUT2D eigenvalue weighted by molar-refractivity contribution is -0.128. The Morgan fingerprint density at radius 1 is 1.04 bits per heavy atom. The van der Waals surface area contributed by atoms with Crippen LogP contribution in [0.1, 0.15) is 64.1 Å². The van der Waals surface area contributed by atoms with E-state index in [0.29, 0.717) is 19.0 Å². The monoisotopic (exact) mass is 333 g/mol. The van der Waals surface area contributed by atoms with E-state index in [1.807, 2.05) is 32.9 Å². The van der Waals surface area contributed by atoms with E-state index in [4.69, 9.17) is 5.73 Å². The van der Waals surface area contributed by atoms with Crippen LogP contribution in [0.4, 0.5) is 0 Å². The van der Waals surface area contributed by atoms with E-state index in [-0.39, 0.29) is 24.3 Å². The van der Waals surface area contributed by atoms with Gasteiger partial charge in [0.15, 0.2) is 0 Å². The number of hydrogen-bond acceptors (Lipinski definition) is 3. The molecule has 2 amide bonds. The normalized spacial score (nSPS) is 12.8. The number of nitrogens with two attached hydrogens (primary N) is 1. The minimum absolute atomic E-state index is 0.0581. The number of nitrogens with one attached hydrogen (secondary N) is 2. The first-order chi connectivity index (χ1) is 11.1. The molecule has 0 aliphatic rings. The van der Waals surface area contributed by atoms with Crippen LogP contribution in [0.5, 0.6) is 0 Å². The lowest BCUT2D eigenvalue weighted by Crippen LogP contribution is -2.38. The number of rotatable bonds is 7. The molecule has 0 fully saturated rings. The molecule has 0 aliphatic heterocycles. The van der Waals surface area contributed by atoms with Crippen LogP contribution in [0.15, 0.2) is 24.3 Å². The highest BCUT2D eigenvalue weighted by molar-refractivity contribution is 5.82. The molecule has 0 heterocycles. The predicted octanol–water partition coefficient (Wildman–Crippen LogP) is 2.48. The number of carbonyl (C=O) groups excluding carboxylic acids is 2. The van der Waals surface area contributed by atoms with E-state index in [1.165, 1.54) is 5.56 Å². The Balaban J connectivity index is 2.34. The van der Waals surface area contributed by atoms with Crippen LogP contribution in [0.25, 0.3) is 0 Å². The molecular formula is C19H31N3O2. The summed E-state index contributed by atoms with van der Waals surface area (Å²) in [5, 5.41) is 5.57. The third-order valence-electron chi connectivity index (χ3n) is 3.87. The Kier molecular flexibility index (Phi) is 7.42. The average molecular weight is 333 g/mol. The standard InChI is InChI=1S/C19H31N3O2/c1-13(2)14-6-8-15(9-7-14)16(20)12-22-17(23)10-11-21-18(24)19(3,4)5/h6-9,13,16H,10-12,20H2,1-5H3,(H,21,24)(H,22,23). The number of amides is 2. The zero-order valence-corrected chi connectivity index (χ0v) is 15.5. The van der Waals surface area contributed by atoms with Gasteiger partial charge in [0.05, 0.1) is 0 Å². The van der Waals surface area contributed by atoms with Gasteiger partial charge in [-0.05, 0) is 17.0 Å². The fraction of sp³-hybridized carbons (Fsp3) is 0.579. The largest absolute Gasteiger partial charge is 0.355 e. The second kappa shape index (κ2) is 8.83. The molecule has 0 aliphatic carbocycles. The van der Waals surface area contributed by atoms with Crippen molar-refractivity contribution < 1.29 is 9.59 Å². The van der Waals surface area contributed by atoms with Crippen molar-refractivity contribution in [3.8, 4) is 0 Å². The van der Waals surface area contributed by atoms with E-state index in [1.54, 1.807) is 0 Å². The maximum atomic E-state index is 11.8. The molecule has 5 heteroatoms. The second-order valence-corrected chi connectivity index (χ2v) is 7.49. The smallest absolute Gasteiger partial charge is 0.225 e. The predicted molar refractivity (Wildman–Crippen MR) is 97.6 cm³/mol. The van der Waals surface area contributed by atoms with Crippen LogP contribution in [0, 0.1) is 5.41 Å². The van der Waals surface area contributed by atoms with Gasteiger partial charge in [-0.1, -0.05) is 58.9 Å². The Hall–Kier alpha value is -1.88. The Bertz CT molecular complexity index is 545. The molecule has 0 bridgehead atoms. The fourth-order valence-electron chi connectivity index (χ4n) is 2.11. The molecule has 1 aromatic rings. The summed E-state index contributed by atoms with van der Waals surface area (Å²) in [4.78, 5) is 23.5. The molecule has 0 saturated carbocycles. The first-order valence-electron chi connectivity index (χ1n) is 8.51. The highest BCUT2D eigenvalue weighted by Crippen LogP contribution is 2.17. The van der Waals surface area contributed by atoms with Gasteiger partial charge in [-0.3, -0.25) is 9.59 Å². The molecule has 5 nitrogen and oxygen atoms in total. The van der Waals surface area contributed by atoms with Gasteiger partial charge in [0, 0.05) is 31.0 Å². The fourth-order valence-corrected chi connectivity index (χ4v) is 2.11. The van der Waals surface area contributed by atoms with E-state index >= 15 is 0 Å². The first kappa shape index (κ1) is 20.2. The van der Waals surface area contributed by atoms with Crippen LogP contribution in [-0.2, 0) is 9.59 Å². The van der Waals surface area contributed by atoms with Gasteiger partial charge < -0.3 is 16.4 Å². The number of hydrogen-bond donors (Lipinski definition) is 3. The van der Waals surface area contributed by atoms with Crippen LogP contribution >= 0.6 is 0 Å². The molecule has 0 saturated heterocycles. The Morgan fingerprint density at radius 2 is 1.58 bits per heavy atom. The molecule has 24 heavy (non-hydrogen) atoms. The average Bonchev–Trinajstić information content (AvgIpc) is 2.51. The van der Waals surface area contributed by atoms with Crippen LogP contribution in [0.3, 0.4) is 0 Å². The molecule has 4 N–H and O–H groups in total. The van der Waals surface area contributed by atoms with Crippen LogP contribution in [-0.4, -0.2) is 24.9 Å². The molecular weight excluding hydrogens is 302 g/mol. The summed E-state index contributed by atoms with van der Waals surface area (Å²) >= 11 is 0. The number of carbonyl (C=O) groups is 2. The van der Waals surface area contributed by atoms with Gasteiger partial charge in [0.2, 0.25) is 11.8 Å². The Labute approximate surface area is 145 Å². The topological polar surface area (TPSA) is 84.2 Å². The van der Waals surface area contributed by atoms with E-state index in [0.717, 1.165) is 5.56 Å². The molecule has 0 aromatic heterocycles. The van der Waals surface area contributed by atoms with Gasteiger partial charge in [-0.15, -0.1) is 0 Å². The first-order valence-corrected chi connectivity index (χ1v) is 8.51. The molecule has 1 atom stereocenters. The van der Waals surface area contributed by atoms with Crippen molar-refractivity contribution in [2.75, 3.05) is 13.1 Å². The van der Waals surface area contributed by atoms with Gasteiger partial charge >= 0.3 is 0 Å². The summed E-state index contributed by atoms with van der Waals surface area (Å²) in [5.41, 5.74) is 7.94. The molecule has 0 spiro atoms. The molecule has 1 unspecified atom stereocenters. The summed E-state index contributed by atoms with van der Waals surface area (Å²) in [6.45, 7) is 10.5. The SMILES string of the molecule is CC(C)c1ccc(C(N)CNC(=O)CCNC(=O)C(C)(C)C)cc1. The lowest BCUT2D eigenvalue weighted by atomic mass is 9.96. The summed E-state index contributed by atoms with van der Waals surface area (Å²) in [6, 6.07) is 7.93. The van der Waals surface area contributed by atoms with Crippen molar-refractivity contribution >= 4 is 11.8 Å². The Morgan fingerprint density at radius 3 is 2.08 bits per heavy atom. The lowest BCUT2D eigenvalue weighted by Gasteiger charge is -2.18. The molecule has 1 aromatic carbocycles. The van der Waals surface area contributed by atoms with Crippen LogP contribution in [0.2, 0.25) is 0 Å². The van der Waals surface area contributed by atoms with Gasteiger partial charge in [0.25, 0.3) is 0 Å². The summed E-state index contributed by atoms with van der Waals surface area (Å²) in [5.74, 6) is 0.314. The van der Waals surface area contributed by atoms with Gasteiger partial charge in [-0.25, -0.2) is 0 Å². The maximum absolute atomic E-state index is 11.8. The quantitative estimate of drug-likeness (QED) is 0.717.